The molecule has 0 bridgehead atoms. The first-order valence-electron chi connectivity index (χ1n) is 8.07. The van der Waals surface area contributed by atoms with E-state index in [-0.39, 0.29) is 25.6 Å². The summed E-state index contributed by atoms with van der Waals surface area (Å²) in [6, 6.07) is -1.05. The zero-order valence-corrected chi connectivity index (χ0v) is 13.3. The molecule has 1 heterocycles. The molecule has 1 amide bonds. The summed E-state index contributed by atoms with van der Waals surface area (Å²) in [7, 11) is 0. The highest BCUT2D eigenvalue weighted by molar-refractivity contribution is 5.81. The Balaban J connectivity index is 1.96. The Hall–Kier alpha value is -0.850. The molecule has 1 aliphatic heterocycles. The van der Waals surface area contributed by atoms with Crippen molar-refractivity contribution in [1.29, 1.82) is 0 Å². The van der Waals surface area contributed by atoms with Gasteiger partial charge in [0.15, 0.2) is 6.29 Å². The highest BCUT2D eigenvalue weighted by Gasteiger charge is 2.42. The van der Waals surface area contributed by atoms with Crippen LogP contribution in [0.5, 0.6) is 0 Å². The summed E-state index contributed by atoms with van der Waals surface area (Å²) in [5.74, 6) is -0.688. The molecule has 1 saturated heterocycles. The van der Waals surface area contributed by atoms with E-state index in [1.54, 1.807) is 0 Å². The molecule has 2 fully saturated rings. The van der Waals surface area contributed by atoms with Gasteiger partial charge in [0.25, 0.3) is 0 Å². The van der Waals surface area contributed by atoms with Crippen LogP contribution < -0.4 is 16.8 Å². The molecule has 24 heavy (non-hydrogen) atoms. The number of aliphatic hydroxyl groups is 4. The van der Waals surface area contributed by atoms with Crippen molar-refractivity contribution in [3.63, 3.8) is 0 Å². The van der Waals surface area contributed by atoms with Crippen LogP contribution in [0.25, 0.3) is 0 Å². The van der Waals surface area contributed by atoms with Gasteiger partial charge in [-0.3, -0.25) is 4.79 Å². The zero-order chi connectivity index (χ0) is 17.9. The van der Waals surface area contributed by atoms with Crippen molar-refractivity contribution in [3.8, 4) is 0 Å². The van der Waals surface area contributed by atoms with Crippen LogP contribution in [0.1, 0.15) is 19.3 Å². The van der Waals surface area contributed by atoms with E-state index in [0.717, 1.165) is 0 Å². The Labute approximate surface area is 139 Å². The van der Waals surface area contributed by atoms with E-state index in [1.807, 2.05) is 0 Å². The van der Waals surface area contributed by atoms with Crippen LogP contribution in [0, 0.1) is 0 Å². The second kappa shape index (κ2) is 8.50. The van der Waals surface area contributed by atoms with Crippen molar-refractivity contribution in [2.75, 3.05) is 13.2 Å². The van der Waals surface area contributed by atoms with Crippen LogP contribution in [0.2, 0.25) is 0 Å². The van der Waals surface area contributed by atoms with E-state index in [1.165, 1.54) is 0 Å². The largest absolute Gasteiger partial charge is 0.394 e. The van der Waals surface area contributed by atoms with Crippen LogP contribution >= 0.6 is 0 Å². The fourth-order valence-electron chi connectivity index (χ4n) is 3.05. The number of nitrogens with one attached hydrogen (secondary N) is 1. The topological polar surface area (TPSA) is 181 Å². The van der Waals surface area contributed by atoms with Crippen LogP contribution in [0.15, 0.2) is 0 Å². The van der Waals surface area contributed by atoms with E-state index < -0.39 is 48.8 Å². The summed E-state index contributed by atoms with van der Waals surface area (Å²) < 4.78 is 11.0. The first-order valence-corrected chi connectivity index (χ1v) is 8.07. The minimum Gasteiger partial charge on any atom is -0.394 e. The van der Waals surface area contributed by atoms with Crippen molar-refractivity contribution in [3.05, 3.63) is 0 Å². The molecular formula is C14H27N3O7. The maximum Gasteiger partial charge on any atom is 0.250 e. The molecule has 9 N–H and O–H groups in total. The summed E-state index contributed by atoms with van der Waals surface area (Å²) in [5, 5.41) is 41.4. The fraction of sp³-hybridized carbons (Fsp3) is 0.929. The van der Waals surface area contributed by atoms with Crippen LogP contribution in [-0.2, 0) is 14.3 Å². The number of amides is 1. The van der Waals surface area contributed by atoms with E-state index in [2.05, 4.69) is 5.32 Å². The van der Waals surface area contributed by atoms with Crippen molar-refractivity contribution in [1.82, 2.24) is 5.32 Å². The fourth-order valence-corrected chi connectivity index (χ4v) is 3.05. The number of hydrogen-bond acceptors (Lipinski definition) is 9. The zero-order valence-electron chi connectivity index (χ0n) is 13.3. The van der Waals surface area contributed by atoms with E-state index in [0.29, 0.717) is 12.8 Å². The Bertz CT molecular complexity index is 427. The monoisotopic (exact) mass is 349 g/mol. The quantitative estimate of drug-likeness (QED) is 0.252. The van der Waals surface area contributed by atoms with Gasteiger partial charge in [0.1, 0.15) is 18.3 Å². The molecule has 0 aromatic heterocycles. The summed E-state index contributed by atoms with van der Waals surface area (Å²) >= 11 is 0. The molecular weight excluding hydrogens is 322 g/mol. The molecule has 2 aliphatic rings. The highest BCUT2D eigenvalue weighted by Crippen LogP contribution is 2.28. The number of aliphatic hydroxyl groups excluding tert-OH is 4. The second-order valence-corrected chi connectivity index (χ2v) is 6.38. The summed E-state index contributed by atoms with van der Waals surface area (Å²) in [6.45, 7) is -0.468. The first kappa shape index (κ1) is 19.5. The minimum atomic E-state index is -1.36. The molecule has 2 rings (SSSR count). The molecule has 0 spiro atoms. The maximum absolute atomic E-state index is 11.8. The molecule has 140 valence electrons. The minimum absolute atomic E-state index is 0.231. The van der Waals surface area contributed by atoms with Gasteiger partial charge >= 0.3 is 0 Å². The van der Waals surface area contributed by atoms with E-state index in [4.69, 9.17) is 26.0 Å². The average Bonchev–Trinajstić information content (AvgIpc) is 2.91. The van der Waals surface area contributed by atoms with Crippen molar-refractivity contribution in [2.24, 2.45) is 11.5 Å². The third kappa shape index (κ3) is 4.61. The lowest BCUT2D eigenvalue weighted by molar-refractivity contribution is -0.220. The lowest BCUT2D eigenvalue weighted by Gasteiger charge is -2.39. The van der Waals surface area contributed by atoms with Gasteiger partial charge in [-0.25, -0.2) is 0 Å². The Morgan fingerprint density at radius 3 is 2.62 bits per heavy atom. The van der Waals surface area contributed by atoms with Gasteiger partial charge in [-0.05, 0) is 12.8 Å². The normalized spacial score (nSPS) is 41.2. The smallest absolute Gasteiger partial charge is 0.250 e. The number of ether oxygens (including phenoxy) is 2. The average molecular weight is 349 g/mol. The summed E-state index contributed by atoms with van der Waals surface area (Å²) in [5.41, 5.74) is 11.2. The summed E-state index contributed by atoms with van der Waals surface area (Å²) in [4.78, 5) is 11.8. The number of carbonyl (C=O) groups is 1. The molecule has 1 saturated carbocycles. The van der Waals surface area contributed by atoms with Gasteiger partial charge in [-0.2, -0.15) is 0 Å². The molecule has 0 aromatic carbocycles. The van der Waals surface area contributed by atoms with Gasteiger partial charge < -0.3 is 46.7 Å². The third-order valence-corrected chi connectivity index (χ3v) is 4.40. The molecule has 10 heteroatoms. The van der Waals surface area contributed by atoms with Crippen LogP contribution in [0.3, 0.4) is 0 Å². The SMILES string of the molecule is NCC(O)C(=O)N[C@@H]1C[C@H](N)C[C@H](O[C@@H]2O[C@H](CO)C[C@H]2O)[C@H]1O. The number of nitrogens with two attached hydrogens (primary N) is 2. The van der Waals surface area contributed by atoms with Gasteiger partial charge in [-0.1, -0.05) is 0 Å². The molecule has 8 atom stereocenters. The molecule has 0 radical (unpaired) electrons. The predicted molar refractivity (Wildman–Crippen MR) is 81.5 cm³/mol. The third-order valence-electron chi connectivity index (χ3n) is 4.40. The van der Waals surface area contributed by atoms with Crippen molar-refractivity contribution < 1.29 is 34.7 Å². The molecule has 10 nitrogen and oxygen atoms in total. The van der Waals surface area contributed by atoms with Crippen molar-refractivity contribution in [2.45, 2.75) is 68.2 Å². The van der Waals surface area contributed by atoms with E-state index in [9.17, 15) is 20.1 Å². The maximum atomic E-state index is 11.8. The van der Waals surface area contributed by atoms with Crippen LogP contribution in [-0.4, -0.2) is 88.4 Å². The van der Waals surface area contributed by atoms with Gasteiger partial charge in [0.05, 0.1) is 24.9 Å². The summed E-state index contributed by atoms with van der Waals surface area (Å²) in [6.07, 6.45) is -4.74. The Morgan fingerprint density at radius 1 is 1.33 bits per heavy atom. The molecule has 1 unspecified atom stereocenters. The van der Waals surface area contributed by atoms with Crippen molar-refractivity contribution >= 4 is 5.91 Å². The highest BCUT2D eigenvalue weighted by atomic mass is 16.7. The van der Waals surface area contributed by atoms with Gasteiger partial charge in [0, 0.05) is 19.0 Å². The Kier molecular flexibility index (Phi) is 6.89. The molecule has 0 aromatic rings. The van der Waals surface area contributed by atoms with Gasteiger partial charge in [-0.15, -0.1) is 0 Å². The second-order valence-electron chi connectivity index (χ2n) is 6.38. The number of carbonyl (C=O) groups excluding carboxylic acids is 1. The predicted octanol–water partition coefficient (Wildman–Crippen LogP) is -3.87. The first-order chi connectivity index (χ1) is 11.3. The lowest BCUT2D eigenvalue weighted by Crippen LogP contribution is -2.59. The standard InChI is InChI=1S/C14H27N3O7/c15-4-10(20)13(22)17-8-1-6(16)2-11(12(8)21)24-14-9(19)3-7(5-18)23-14/h6-12,14,18-21H,1-5,15-16H2,(H,17,22)/t6-,7-,8+,9+,10?,11-,12-,14-/m0/s1. The van der Waals surface area contributed by atoms with E-state index >= 15 is 0 Å². The number of hydrogen-bond donors (Lipinski definition) is 7. The van der Waals surface area contributed by atoms with Gasteiger partial charge in [0.2, 0.25) is 5.91 Å². The lowest BCUT2D eigenvalue weighted by atomic mass is 9.86. The number of rotatable bonds is 6. The molecule has 1 aliphatic carbocycles. The van der Waals surface area contributed by atoms with Crippen LogP contribution in [0.4, 0.5) is 0 Å². The Morgan fingerprint density at radius 2 is 2.04 bits per heavy atom.